The highest BCUT2D eigenvalue weighted by Crippen LogP contribution is 2.26. The zero-order valence-electron chi connectivity index (χ0n) is 8.03. The SMILES string of the molecule is CC.Cc1cc2cnnc(N)c2s1. The number of hydrogen-bond donors (Lipinski definition) is 1. The Labute approximate surface area is 81.6 Å². The number of fused-ring (bicyclic) bond motifs is 1. The molecule has 0 atom stereocenters. The minimum Gasteiger partial charge on any atom is -0.381 e. The van der Waals surface area contributed by atoms with Crippen LogP contribution in [-0.2, 0) is 0 Å². The van der Waals surface area contributed by atoms with Gasteiger partial charge >= 0.3 is 0 Å². The molecule has 2 rings (SSSR count). The Balaban J connectivity index is 0.000000396. The summed E-state index contributed by atoms with van der Waals surface area (Å²) in [5.41, 5.74) is 5.61. The molecule has 0 saturated heterocycles. The zero-order chi connectivity index (χ0) is 9.84. The molecule has 0 aromatic carbocycles. The fourth-order valence-electron chi connectivity index (χ4n) is 1.03. The summed E-state index contributed by atoms with van der Waals surface area (Å²) in [6.07, 6.45) is 1.73. The monoisotopic (exact) mass is 195 g/mol. The van der Waals surface area contributed by atoms with E-state index in [1.54, 1.807) is 17.5 Å². The van der Waals surface area contributed by atoms with Gasteiger partial charge in [0.15, 0.2) is 5.82 Å². The third-order valence-electron chi connectivity index (χ3n) is 1.48. The summed E-state index contributed by atoms with van der Waals surface area (Å²) in [7, 11) is 0. The first-order valence-electron chi connectivity index (χ1n) is 4.24. The highest BCUT2D eigenvalue weighted by Gasteiger charge is 2.01. The molecule has 70 valence electrons. The molecule has 3 nitrogen and oxygen atoms in total. The van der Waals surface area contributed by atoms with Crippen LogP contribution < -0.4 is 5.73 Å². The van der Waals surface area contributed by atoms with Gasteiger partial charge in [-0.15, -0.1) is 16.4 Å². The maximum absolute atomic E-state index is 5.61. The average molecular weight is 195 g/mol. The molecule has 0 aliphatic rings. The zero-order valence-corrected chi connectivity index (χ0v) is 8.85. The lowest BCUT2D eigenvalue weighted by Gasteiger charge is -1.89. The Morgan fingerprint density at radius 3 is 2.69 bits per heavy atom. The van der Waals surface area contributed by atoms with Crippen molar-refractivity contribution in [1.82, 2.24) is 10.2 Å². The van der Waals surface area contributed by atoms with E-state index in [1.807, 2.05) is 20.8 Å². The summed E-state index contributed by atoms with van der Waals surface area (Å²) in [6, 6.07) is 2.06. The molecule has 0 bridgehead atoms. The van der Waals surface area contributed by atoms with E-state index >= 15 is 0 Å². The van der Waals surface area contributed by atoms with Gasteiger partial charge in [0.05, 0.1) is 10.9 Å². The minimum absolute atomic E-state index is 0.528. The standard InChI is InChI=1S/C7H7N3S.C2H6/c1-4-2-5-3-9-10-7(8)6(5)11-4;1-2/h2-3H,1H3,(H2,8,10);1-2H3. The lowest BCUT2D eigenvalue weighted by atomic mass is 10.3. The Bertz CT molecular complexity index is 395. The summed E-state index contributed by atoms with van der Waals surface area (Å²) in [6.45, 7) is 6.05. The number of nitrogens with zero attached hydrogens (tertiary/aromatic N) is 2. The lowest BCUT2D eigenvalue weighted by molar-refractivity contribution is 1.06. The molecule has 4 heteroatoms. The maximum atomic E-state index is 5.61. The number of hydrogen-bond acceptors (Lipinski definition) is 4. The van der Waals surface area contributed by atoms with Crippen LogP contribution in [0, 0.1) is 6.92 Å². The number of anilines is 1. The number of nitrogens with two attached hydrogens (primary N) is 1. The number of thiophene rings is 1. The van der Waals surface area contributed by atoms with E-state index in [4.69, 9.17) is 5.73 Å². The largest absolute Gasteiger partial charge is 0.381 e. The Hall–Kier alpha value is -1.16. The van der Waals surface area contributed by atoms with Gasteiger partial charge in [0.1, 0.15) is 0 Å². The highest BCUT2D eigenvalue weighted by molar-refractivity contribution is 7.19. The molecule has 13 heavy (non-hydrogen) atoms. The van der Waals surface area contributed by atoms with Crippen molar-refractivity contribution in [2.45, 2.75) is 20.8 Å². The number of rotatable bonds is 0. The maximum Gasteiger partial charge on any atom is 0.164 e. The molecular formula is C9H13N3S. The van der Waals surface area contributed by atoms with Crippen LogP contribution in [0.4, 0.5) is 5.82 Å². The van der Waals surface area contributed by atoms with Crippen molar-refractivity contribution in [3.8, 4) is 0 Å². The van der Waals surface area contributed by atoms with E-state index in [0.29, 0.717) is 5.82 Å². The van der Waals surface area contributed by atoms with Crippen LogP contribution >= 0.6 is 11.3 Å². The van der Waals surface area contributed by atoms with Gasteiger partial charge in [-0.05, 0) is 13.0 Å². The van der Waals surface area contributed by atoms with Gasteiger partial charge in [0.2, 0.25) is 0 Å². The predicted octanol–water partition coefficient (Wildman–Crippen LogP) is 2.61. The van der Waals surface area contributed by atoms with Crippen molar-refractivity contribution < 1.29 is 0 Å². The summed E-state index contributed by atoms with van der Waals surface area (Å²) >= 11 is 1.65. The molecule has 2 aromatic heterocycles. The van der Waals surface area contributed by atoms with Crippen LogP contribution in [0.3, 0.4) is 0 Å². The fraction of sp³-hybridized carbons (Fsp3) is 0.333. The number of aryl methyl sites for hydroxylation is 1. The smallest absolute Gasteiger partial charge is 0.164 e. The molecule has 0 amide bonds. The van der Waals surface area contributed by atoms with E-state index in [9.17, 15) is 0 Å². The van der Waals surface area contributed by atoms with Crippen molar-refractivity contribution in [2.24, 2.45) is 0 Å². The first kappa shape index (κ1) is 9.92. The number of aromatic nitrogens is 2. The van der Waals surface area contributed by atoms with Crippen molar-refractivity contribution in [2.75, 3.05) is 5.73 Å². The first-order chi connectivity index (χ1) is 6.27. The first-order valence-corrected chi connectivity index (χ1v) is 5.06. The summed E-state index contributed by atoms with van der Waals surface area (Å²) < 4.78 is 1.04. The second kappa shape index (κ2) is 4.18. The summed E-state index contributed by atoms with van der Waals surface area (Å²) in [5.74, 6) is 0.528. The van der Waals surface area contributed by atoms with Gasteiger partial charge < -0.3 is 5.73 Å². The van der Waals surface area contributed by atoms with Crippen molar-refractivity contribution in [3.63, 3.8) is 0 Å². The van der Waals surface area contributed by atoms with Crippen LogP contribution in [0.1, 0.15) is 18.7 Å². The van der Waals surface area contributed by atoms with Crippen LogP contribution in [0.25, 0.3) is 10.1 Å². The molecule has 0 fully saturated rings. The Morgan fingerprint density at radius 1 is 1.38 bits per heavy atom. The van der Waals surface area contributed by atoms with Crippen LogP contribution in [0.15, 0.2) is 12.3 Å². The molecule has 2 heterocycles. The molecule has 0 spiro atoms. The second-order valence-electron chi connectivity index (χ2n) is 2.37. The third-order valence-corrected chi connectivity index (χ3v) is 2.57. The molecule has 0 aliphatic heterocycles. The average Bonchev–Trinajstić information content (AvgIpc) is 2.51. The minimum atomic E-state index is 0.528. The van der Waals surface area contributed by atoms with Gasteiger partial charge in [0.25, 0.3) is 0 Å². The topological polar surface area (TPSA) is 51.8 Å². The fourth-order valence-corrected chi connectivity index (χ4v) is 1.91. The lowest BCUT2D eigenvalue weighted by Crippen LogP contribution is -1.90. The Morgan fingerprint density at radius 2 is 2.08 bits per heavy atom. The normalized spacial score (nSPS) is 9.46. The van der Waals surface area contributed by atoms with Crippen LogP contribution in [0.5, 0.6) is 0 Å². The Kier molecular flexibility index (Phi) is 3.19. The van der Waals surface area contributed by atoms with E-state index in [1.165, 1.54) is 4.88 Å². The van der Waals surface area contributed by atoms with E-state index in [0.717, 1.165) is 10.1 Å². The molecule has 0 radical (unpaired) electrons. The molecule has 0 unspecified atom stereocenters. The van der Waals surface area contributed by atoms with Crippen molar-refractivity contribution in [1.29, 1.82) is 0 Å². The van der Waals surface area contributed by atoms with Crippen LogP contribution in [0.2, 0.25) is 0 Å². The summed E-state index contributed by atoms with van der Waals surface area (Å²) in [4.78, 5) is 1.24. The van der Waals surface area contributed by atoms with Gasteiger partial charge in [-0.1, -0.05) is 13.8 Å². The highest BCUT2D eigenvalue weighted by atomic mass is 32.1. The second-order valence-corrected chi connectivity index (χ2v) is 3.63. The van der Waals surface area contributed by atoms with Gasteiger partial charge in [-0.3, -0.25) is 0 Å². The van der Waals surface area contributed by atoms with E-state index < -0.39 is 0 Å². The molecule has 2 N–H and O–H groups in total. The van der Waals surface area contributed by atoms with Crippen molar-refractivity contribution >= 4 is 27.2 Å². The summed E-state index contributed by atoms with van der Waals surface area (Å²) in [5, 5.41) is 8.60. The van der Waals surface area contributed by atoms with Crippen molar-refractivity contribution in [3.05, 3.63) is 17.1 Å². The van der Waals surface area contributed by atoms with Gasteiger partial charge in [-0.2, -0.15) is 5.10 Å². The van der Waals surface area contributed by atoms with Gasteiger partial charge in [0, 0.05) is 10.3 Å². The van der Waals surface area contributed by atoms with Crippen LogP contribution in [-0.4, -0.2) is 10.2 Å². The van der Waals surface area contributed by atoms with E-state index in [-0.39, 0.29) is 0 Å². The molecule has 2 aromatic rings. The molecule has 0 aliphatic carbocycles. The van der Waals surface area contributed by atoms with Gasteiger partial charge in [-0.25, -0.2) is 0 Å². The predicted molar refractivity (Wildman–Crippen MR) is 57.9 cm³/mol. The molecule has 0 saturated carbocycles. The van der Waals surface area contributed by atoms with E-state index in [2.05, 4.69) is 16.3 Å². The number of nitrogen functional groups attached to an aromatic ring is 1. The molecular weight excluding hydrogens is 182 g/mol. The quantitative estimate of drug-likeness (QED) is 0.703. The third kappa shape index (κ3) is 1.95.